The van der Waals surface area contributed by atoms with E-state index in [1.807, 2.05) is 39.0 Å². The molecule has 0 spiro atoms. The largest absolute Gasteiger partial charge is 0.488 e. The van der Waals surface area contributed by atoms with E-state index in [4.69, 9.17) is 4.74 Å². The zero-order chi connectivity index (χ0) is 13.2. The molecule has 0 aliphatic carbocycles. The van der Waals surface area contributed by atoms with Crippen LogP contribution in [-0.2, 0) is 6.42 Å². The first kappa shape index (κ1) is 12.7. The van der Waals surface area contributed by atoms with Gasteiger partial charge in [-0.15, -0.1) is 0 Å². The van der Waals surface area contributed by atoms with Crippen molar-refractivity contribution in [3.63, 3.8) is 0 Å². The summed E-state index contributed by atoms with van der Waals surface area (Å²) < 4.78 is 5.74. The molecule has 98 valence electrons. The number of carbonyl (C=O) groups is 1. The second-order valence-corrected chi connectivity index (χ2v) is 5.64. The van der Waals surface area contributed by atoms with Crippen LogP contribution in [0.5, 0.6) is 5.75 Å². The quantitative estimate of drug-likeness (QED) is 0.842. The summed E-state index contributed by atoms with van der Waals surface area (Å²) in [6.07, 6.45) is 0.888. The summed E-state index contributed by atoms with van der Waals surface area (Å²) >= 11 is 0. The van der Waals surface area contributed by atoms with Crippen molar-refractivity contribution in [2.24, 2.45) is 0 Å². The smallest absolute Gasteiger partial charge is 0.315 e. The Bertz CT molecular complexity index is 413. The SMILES string of the molecule is CC(C)(C)NC(=O)NCC1Cc2ccccc2O1. The third-order valence-corrected chi connectivity index (χ3v) is 2.69. The first-order valence-corrected chi connectivity index (χ1v) is 6.24. The minimum Gasteiger partial charge on any atom is -0.488 e. The van der Waals surface area contributed by atoms with Gasteiger partial charge in [0.25, 0.3) is 0 Å². The van der Waals surface area contributed by atoms with Crippen LogP contribution in [0.25, 0.3) is 0 Å². The predicted molar refractivity (Wildman–Crippen MR) is 70.8 cm³/mol. The highest BCUT2D eigenvalue weighted by atomic mass is 16.5. The normalized spacial score (nSPS) is 17.8. The molecule has 4 nitrogen and oxygen atoms in total. The Kier molecular flexibility index (Phi) is 3.45. The molecule has 0 saturated heterocycles. The number of benzene rings is 1. The Hall–Kier alpha value is -1.71. The van der Waals surface area contributed by atoms with Crippen molar-refractivity contribution in [2.75, 3.05) is 6.54 Å². The van der Waals surface area contributed by atoms with Crippen molar-refractivity contribution in [1.82, 2.24) is 10.6 Å². The number of ether oxygens (including phenoxy) is 1. The van der Waals surface area contributed by atoms with Crippen LogP contribution in [0, 0.1) is 0 Å². The topological polar surface area (TPSA) is 50.4 Å². The summed E-state index contributed by atoms with van der Waals surface area (Å²) in [7, 11) is 0. The molecule has 2 rings (SSSR count). The lowest BCUT2D eigenvalue weighted by atomic mass is 10.1. The standard InChI is InChI=1S/C14H20N2O2/c1-14(2,3)16-13(17)15-9-11-8-10-6-4-5-7-12(10)18-11/h4-7,11H,8-9H2,1-3H3,(H2,15,16,17). The maximum Gasteiger partial charge on any atom is 0.315 e. The molecule has 0 bridgehead atoms. The molecule has 1 aliphatic rings. The average molecular weight is 248 g/mol. The van der Waals surface area contributed by atoms with Crippen LogP contribution in [0.2, 0.25) is 0 Å². The lowest BCUT2D eigenvalue weighted by Crippen LogP contribution is -2.48. The number of fused-ring (bicyclic) bond motifs is 1. The number of amides is 2. The molecule has 0 fully saturated rings. The molecule has 2 amide bonds. The first-order chi connectivity index (χ1) is 8.44. The number of nitrogens with one attached hydrogen (secondary N) is 2. The van der Waals surface area contributed by atoms with Gasteiger partial charge in [-0.05, 0) is 32.4 Å². The Morgan fingerprint density at radius 2 is 2.11 bits per heavy atom. The highest BCUT2D eigenvalue weighted by Crippen LogP contribution is 2.27. The predicted octanol–water partition coefficient (Wildman–Crippen LogP) is 2.09. The van der Waals surface area contributed by atoms with Crippen LogP contribution in [0.1, 0.15) is 26.3 Å². The zero-order valence-electron chi connectivity index (χ0n) is 11.1. The highest BCUT2D eigenvalue weighted by Gasteiger charge is 2.23. The van der Waals surface area contributed by atoms with Gasteiger partial charge in [0.15, 0.2) is 0 Å². The van der Waals surface area contributed by atoms with E-state index in [1.165, 1.54) is 5.56 Å². The maximum absolute atomic E-state index is 11.6. The van der Waals surface area contributed by atoms with E-state index < -0.39 is 0 Å². The Labute approximate surface area is 108 Å². The van der Waals surface area contributed by atoms with Crippen molar-refractivity contribution >= 4 is 6.03 Å². The molecule has 4 heteroatoms. The fourth-order valence-electron chi connectivity index (χ4n) is 1.96. The molecule has 1 aromatic rings. The molecule has 1 aromatic carbocycles. The fraction of sp³-hybridized carbons (Fsp3) is 0.500. The summed E-state index contributed by atoms with van der Waals surface area (Å²) in [6.45, 7) is 6.38. The molecule has 2 N–H and O–H groups in total. The number of hydrogen-bond acceptors (Lipinski definition) is 2. The summed E-state index contributed by atoms with van der Waals surface area (Å²) in [6, 6.07) is 7.84. The van der Waals surface area contributed by atoms with Gasteiger partial charge >= 0.3 is 6.03 Å². The molecule has 1 unspecified atom stereocenters. The average Bonchev–Trinajstić information content (AvgIpc) is 2.66. The molecule has 0 radical (unpaired) electrons. The van der Waals surface area contributed by atoms with Gasteiger partial charge in [-0.25, -0.2) is 4.79 Å². The lowest BCUT2D eigenvalue weighted by molar-refractivity contribution is 0.209. The minimum absolute atomic E-state index is 0.0353. The van der Waals surface area contributed by atoms with Gasteiger partial charge in [-0.2, -0.15) is 0 Å². The third kappa shape index (κ3) is 3.39. The lowest BCUT2D eigenvalue weighted by Gasteiger charge is -2.21. The van der Waals surface area contributed by atoms with E-state index in [9.17, 15) is 4.79 Å². The van der Waals surface area contributed by atoms with Gasteiger partial charge in [-0.1, -0.05) is 18.2 Å². The number of rotatable bonds is 2. The van der Waals surface area contributed by atoms with Crippen molar-refractivity contribution in [3.05, 3.63) is 29.8 Å². The van der Waals surface area contributed by atoms with Crippen molar-refractivity contribution in [2.45, 2.75) is 38.8 Å². The van der Waals surface area contributed by atoms with Gasteiger partial charge < -0.3 is 15.4 Å². The van der Waals surface area contributed by atoms with E-state index in [-0.39, 0.29) is 17.7 Å². The third-order valence-electron chi connectivity index (χ3n) is 2.69. The number of urea groups is 1. The van der Waals surface area contributed by atoms with Crippen LogP contribution in [0.15, 0.2) is 24.3 Å². The van der Waals surface area contributed by atoms with Gasteiger partial charge in [0.2, 0.25) is 0 Å². The van der Waals surface area contributed by atoms with Crippen LogP contribution < -0.4 is 15.4 Å². The summed E-state index contributed by atoms with van der Waals surface area (Å²) in [5.41, 5.74) is 0.990. The Balaban J connectivity index is 1.79. The van der Waals surface area contributed by atoms with Crippen molar-refractivity contribution in [1.29, 1.82) is 0 Å². The molecule has 1 atom stereocenters. The number of carbonyl (C=O) groups excluding carboxylic acids is 1. The van der Waals surface area contributed by atoms with Crippen LogP contribution >= 0.6 is 0 Å². The molecular weight excluding hydrogens is 228 g/mol. The second-order valence-electron chi connectivity index (χ2n) is 5.64. The van der Waals surface area contributed by atoms with Crippen LogP contribution in [-0.4, -0.2) is 24.2 Å². The molecule has 0 aromatic heterocycles. The van der Waals surface area contributed by atoms with Crippen molar-refractivity contribution in [3.8, 4) is 5.75 Å². The molecule has 18 heavy (non-hydrogen) atoms. The zero-order valence-corrected chi connectivity index (χ0v) is 11.1. The van der Waals surface area contributed by atoms with Gasteiger partial charge in [0.05, 0.1) is 6.54 Å². The summed E-state index contributed by atoms with van der Waals surface area (Å²) in [4.78, 5) is 11.6. The van der Waals surface area contributed by atoms with Crippen LogP contribution in [0.4, 0.5) is 4.79 Å². The second kappa shape index (κ2) is 4.88. The highest BCUT2D eigenvalue weighted by molar-refractivity contribution is 5.74. The minimum atomic E-state index is -0.219. The van der Waals surface area contributed by atoms with E-state index in [2.05, 4.69) is 16.7 Å². The van der Waals surface area contributed by atoms with E-state index in [1.54, 1.807) is 0 Å². The molecule has 0 saturated carbocycles. The summed E-state index contributed by atoms with van der Waals surface area (Å²) in [5, 5.41) is 5.70. The fourth-order valence-corrected chi connectivity index (χ4v) is 1.96. The van der Waals surface area contributed by atoms with E-state index >= 15 is 0 Å². The molecule has 1 aliphatic heterocycles. The van der Waals surface area contributed by atoms with E-state index in [0.29, 0.717) is 6.54 Å². The maximum atomic E-state index is 11.6. The molecule has 1 heterocycles. The Morgan fingerprint density at radius 1 is 1.39 bits per heavy atom. The molecular formula is C14H20N2O2. The van der Waals surface area contributed by atoms with E-state index in [0.717, 1.165) is 12.2 Å². The van der Waals surface area contributed by atoms with Crippen LogP contribution in [0.3, 0.4) is 0 Å². The monoisotopic (exact) mass is 248 g/mol. The number of hydrogen-bond donors (Lipinski definition) is 2. The summed E-state index contributed by atoms with van der Waals surface area (Å²) in [5.74, 6) is 0.931. The van der Waals surface area contributed by atoms with Gasteiger partial charge in [0, 0.05) is 12.0 Å². The van der Waals surface area contributed by atoms with Gasteiger partial charge in [0.1, 0.15) is 11.9 Å². The number of para-hydroxylation sites is 1. The van der Waals surface area contributed by atoms with Gasteiger partial charge in [-0.3, -0.25) is 0 Å². The van der Waals surface area contributed by atoms with Crippen molar-refractivity contribution < 1.29 is 9.53 Å². The first-order valence-electron chi connectivity index (χ1n) is 6.24. The Morgan fingerprint density at radius 3 is 2.78 bits per heavy atom.